The number of rotatable bonds is 5. The minimum absolute atomic E-state index is 0.299. The van der Waals surface area contributed by atoms with Gasteiger partial charge in [0.2, 0.25) is 0 Å². The third kappa shape index (κ3) is 3.73. The van der Waals surface area contributed by atoms with E-state index in [1.807, 2.05) is 12.3 Å². The van der Waals surface area contributed by atoms with Crippen LogP contribution >= 0.6 is 0 Å². The van der Waals surface area contributed by atoms with Gasteiger partial charge in [0.05, 0.1) is 0 Å². The summed E-state index contributed by atoms with van der Waals surface area (Å²) in [5, 5.41) is 3.40. The smallest absolute Gasteiger partial charge is 0.127 e. The van der Waals surface area contributed by atoms with Crippen molar-refractivity contribution in [2.24, 2.45) is 5.73 Å². The largest absolute Gasteiger partial charge is 0.370 e. The third-order valence-corrected chi connectivity index (χ3v) is 3.90. The topological polar surface area (TPSA) is 54.2 Å². The molecule has 1 atom stereocenters. The zero-order chi connectivity index (χ0) is 14.5. The van der Waals surface area contributed by atoms with E-state index in [4.69, 9.17) is 5.73 Å². The summed E-state index contributed by atoms with van der Waals surface area (Å²) in [6.45, 7) is 2.86. The highest BCUT2D eigenvalue weighted by atomic mass is 15.2. The van der Waals surface area contributed by atoms with Crippen LogP contribution in [0.2, 0.25) is 0 Å². The zero-order valence-electron chi connectivity index (χ0n) is 12.2. The summed E-state index contributed by atoms with van der Waals surface area (Å²) in [6.07, 6.45) is 3.93. The molecule has 4 nitrogen and oxygen atoms in total. The molecule has 4 heteroatoms. The van der Waals surface area contributed by atoms with Crippen LogP contribution in [0.3, 0.4) is 0 Å². The fourth-order valence-corrected chi connectivity index (χ4v) is 2.71. The maximum Gasteiger partial charge on any atom is 0.127 e. The Balaban J connectivity index is 1.56. The number of nitrogens with two attached hydrogens (primary N) is 1. The summed E-state index contributed by atoms with van der Waals surface area (Å²) < 4.78 is 0. The van der Waals surface area contributed by atoms with Crippen LogP contribution in [-0.4, -0.2) is 30.7 Å². The fraction of sp³-hybridized carbons (Fsp3) is 0.353. The first-order valence-electron chi connectivity index (χ1n) is 7.55. The summed E-state index contributed by atoms with van der Waals surface area (Å²) in [6, 6.07) is 15.0. The number of pyridine rings is 1. The van der Waals surface area contributed by atoms with Crippen molar-refractivity contribution in [1.82, 2.24) is 4.98 Å². The van der Waals surface area contributed by atoms with Crippen LogP contribution < -0.4 is 16.0 Å². The average Bonchev–Trinajstić information content (AvgIpc) is 2.95. The van der Waals surface area contributed by atoms with Crippen molar-refractivity contribution >= 4 is 11.5 Å². The Bertz CT molecular complexity index is 570. The highest BCUT2D eigenvalue weighted by Crippen LogP contribution is 2.21. The first-order valence-corrected chi connectivity index (χ1v) is 7.55. The molecular formula is C17H22N4. The highest BCUT2D eigenvalue weighted by Gasteiger charge is 2.19. The predicted octanol–water partition coefficient (Wildman–Crippen LogP) is 2.27. The molecule has 1 aromatic carbocycles. The number of anilines is 2. The van der Waals surface area contributed by atoms with Gasteiger partial charge in [-0.2, -0.15) is 0 Å². The summed E-state index contributed by atoms with van der Waals surface area (Å²) >= 11 is 0. The van der Waals surface area contributed by atoms with Crippen molar-refractivity contribution in [3.8, 4) is 0 Å². The Morgan fingerprint density at radius 3 is 2.86 bits per heavy atom. The molecular weight excluding hydrogens is 260 g/mol. The number of benzene rings is 1. The van der Waals surface area contributed by atoms with Crippen molar-refractivity contribution in [1.29, 1.82) is 0 Å². The second-order valence-electron chi connectivity index (χ2n) is 5.56. The van der Waals surface area contributed by atoms with Crippen LogP contribution in [0.25, 0.3) is 0 Å². The van der Waals surface area contributed by atoms with E-state index in [-0.39, 0.29) is 0 Å². The quantitative estimate of drug-likeness (QED) is 0.883. The first-order chi connectivity index (χ1) is 10.3. The van der Waals surface area contributed by atoms with E-state index in [2.05, 4.69) is 51.6 Å². The summed E-state index contributed by atoms with van der Waals surface area (Å²) in [5.41, 5.74) is 8.52. The monoisotopic (exact) mass is 282 g/mol. The van der Waals surface area contributed by atoms with Gasteiger partial charge in [-0.3, -0.25) is 0 Å². The summed E-state index contributed by atoms with van der Waals surface area (Å²) in [7, 11) is 0. The number of nitrogens with zero attached hydrogens (tertiary/aromatic N) is 2. The molecule has 0 spiro atoms. The number of aromatic nitrogens is 1. The number of nitrogens with one attached hydrogen (secondary N) is 1. The van der Waals surface area contributed by atoms with Gasteiger partial charge in [0.1, 0.15) is 5.82 Å². The lowest BCUT2D eigenvalue weighted by molar-refractivity contribution is 0.752. The Morgan fingerprint density at radius 2 is 2.10 bits per heavy atom. The van der Waals surface area contributed by atoms with Crippen molar-refractivity contribution in [2.45, 2.75) is 18.9 Å². The van der Waals surface area contributed by atoms with Crippen LogP contribution in [0.15, 0.2) is 48.7 Å². The Labute approximate surface area is 126 Å². The minimum atomic E-state index is 0.299. The lowest BCUT2D eigenvalue weighted by atomic mass is 10.1. The van der Waals surface area contributed by atoms with Gasteiger partial charge >= 0.3 is 0 Å². The Kier molecular flexibility index (Phi) is 4.36. The zero-order valence-corrected chi connectivity index (χ0v) is 12.2. The standard InChI is InChI=1S/C17H22N4/c18-15-8-11-21(13-15)16-7-10-20-17(12-16)19-9-6-14-4-2-1-3-5-14/h1-5,7,10,12,15H,6,8-9,11,13,18H2,(H,19,20). The molecule has 1 saturated heterocycles. The molecule has 110 valence electrons. The molecule has 1 aromatic heterocycles. The summed E-state index contributed by atoms with van der Waals surface area (Å²) in [4.78, 5) is 6.72. The lowest BCUT2D eigenvalue weighted by Crippen LogP contribution is -2.26. The van der Waals surface area contributed by atoms with Gasteiger partial charge in [0.25, 0.3) is 0 Å². The van der Waals surface area contributed by atoms with E-state index in [9.17, 15) is 0 Å². The van der Waals surface area contributed by atoms with Crippen LogP contribution in [-0.2, 0) is 6.42 Å². The molecule has 0 bridgehead atoms. The van der Waals surface area contributed by atoms with E-state index in [0.717, 1.165) is 38.3 Å². The first kappa shape index (κ1) is 13.9. The van der Waals surface area contributed by atoms with Gasteiger partial charge in [-0.1, -0.05) is 30.3 Å². The van der Waals surface area contributed by atoms with Gasteiger partial charge < -0.3 is 16.0 Å². The molecule has 0 amide bonds. The van der Waals surface area contributed by atoms with E-state index >= 15 is 0 Å². The van der Waals surface area contributed by atoms with Crippen molar-refractivity contribution in [2.75, 3.05) is 29.9 Å². The molecule has 3 N–H and O–H groups in total. The van der Waals surface area contributed by atoms with Gasteiger partial charge in [-0.05, 0) is 24.5 Å². The van der Waals surface area contributed by atoms with E-state index in [1.54, 1.807) is 0 Å². The molecule has 1 fully saturated rings. The van der Waals surface area contributed by atoms with Crippen LogP contribution in [0.5, 0.6) is 0 Å². The number of hydrogen-bond donors (Lipinski definition) is 2. The molecule has 1 unspecified atom stereocenters. The molecule has 21 heavy (non-hydrogen) atoms. The summed E-state index contributed by atoms with van der Waals surface area (Å²) in [5.74, 6) is 0.934. The van der Waals surface area contributed by atoms with Gasteiger partial charge in [0, 0.05) is 43.6 Å². The van der Waals surface area contributed by atoms with Crippen molar-refractivity contribution in [3.05, 3.63) is 54.2 Å². The minimum Gasteiger partial charge on any atom is -0.370 e. The molecule has 0 radical (unpaired) electrons. The molecule has 0 aliphatic carbocycles. The van der Waals surface area contributed by atoms with Crippen molar-refractivity contribution < 1.29 is 0 Å². The van der Waals surface area contributed by atoms with E-state index in [0.29, 0.717) is 6.04 Å². The fourth-order valence-electron chi connectivity index (χ4n) is 2.71. The molecule has 3 rings (SSSR count). The van der Waals surface area contributed by atoms with E-state index in [1.165, 1.54) is 11.3 Å². The van der Waals surface area contributed by atoms with E-state index < -0.39 is 0 Å². The second kappa shape index (κ2) is 6.59. The molecule has 1 aliphatic rings. The molecule has 0 saturated carbocycles. The average molecular weight is 282 g/mol. The van der Waals surface area contributed by atoms with Crippen LogP contribution in [0.4, 0.5) is 11.5 Å². The molecule has 2 aromatic rings. The Hall–Kier alpha value is -2.07. The maximum absolute atomic E-state index is 5.97. The van der Waals surface area contributed by atoms with Gasteiger partial charge in [-0.15, -0.1) is 0 Å². The third-order valence-electron chi connectivity index (χ3n) is 3.90. The maximum atomic E-state index is 5.97. The van der Waals surface area contributed by atoms with Gasteiger partial charge in [-0.25, -0.2) is 4.98 Å². The SMILES string of the molecule is NC1CCN(c2ccnc(NCCc3ccccc3)c2)C1. The lowest BCUT2D eigenvalue weighted by Gasteiger charge is -2.18. The molecule has 1 aliphatic heterocycles. The van der Waals surface area contributed by atoms with Gasteiger partial charge in [0.15, 0.2) is 0 Å². The van der Waals surface area contributed by atoms with Crippen LogP contribution in [0, 0.1) is 0 Å². The van der Waals surface area contributed by atoms with Crippen LogP contribution in [0.1, 0.15) is 12.0 Å². The predicted molar refractivity (Wildman–Crippen MR) is 87.7 cm³/mol. The highest BCUT2D eigenvalue weighted by molar-refractivity contribution is 5.54. The van der Waals surface area contributed by atoms with Crippen molar-refractivity contribution in [3.63, 3.8) is 0 Å². The second-order valence-corrected chi connectivity index (χ2v) is 5.56. The Morgan fingerprint density at radius 1 is 1.24 bits per heavy atom. The number of hydrogen-bond acceptors (Lipinski definition) is 4. The molecule has 2 heterocycles. The normalized spacial score (nSPS) is 18.0.